The fourth-order valence-electron chi connectivity index (χ4n) is 2.43. The van der Waals surface area contributed by atoms with Crippen LogP contribution in [0.4, 0.5) is 4.39 Å². The summed E-state index contributed by atoms with van der Waals surface area (Å²) in [6, 6.07) is 4.70. The Morgan fingerprint density at radius 3 is 2.95 bits per heavy atom. The maximum Gasteiger partial charge on any atom is 0.261 e. The van der Waals surface area contributed by atoms with Crippen LogP contribution in [0.25, 0.3) is 0 Å². The smallest absolute Gasteiger partial charge is 0.261 e. The first kappa shape index (κ1) is 14.8. The van der Waals surface area contributed by atoms with E-state index in [9.17, 15) is 14.3 Å². The number of carbonyl (C=O) groups is 1. The van der Waals surface area contributed by atoms with Gasteiger partial charge < -0.3 is 15.2 Å². The number of benzene rings is 1. The number of hydrogen-bond donors (Lipinski definition) is 2. The van der Waals surface area contributed by atoms with Crippen LogP contribution in [0.1, 0.15) is 25.8 Å². The van der Waals surface area contributed by atoms with Crippen LogP contribution in [0, 0.1) is 11.7 Å². The van der Waals surface area contributed by atoms with Gasteiger partial charge >= 0.3 is 0 Å². The first-order chi connectivity index (χ1) is 9.47. The summed E-state index contributed by atoms with van der Waals surface area (Å²) in [6.45, 7) is 4.15. The van der Waals surface area contributed by atoms with Crippen LogP contribution in [-0.4, -0.2) is 29.8 Å². The van der Waals surface area contributed by atoms with Gasteiger partial charge in [0.25, 0.3) is 5.91 Å². The third kappa shape index (κ3) is 3.48. The Balaban J connectivity index is 1.86. The summed E-state index contributed by atoms with van der Waals surface area (Å²) < 4.78 is 18.9. The maximum absolute atomic E-state index is 13.5. The van der Waals surface area contributed by atoms with Crippen molar-refractivity contribution >= 4 is 5.91 Å². The molecule has 3 unspecified atom stereocenters. The van der Waals surface area contributed by atoms with Crippen molar-refractivity contribution in [3.05, 3.63) is 29.6 Å². The minimum absolute atomic E-state index is 0.180. The number of carbonyl (C=O) groups excluding carboxylic acids is 1. The van der Waals surface area contributed by atoms with Gasteiger partial charge in [-0.25, -0.2) is 4.39 Å². The van der Waals surface area contributed by atoms with Gasteiger partial charge in [0.15, 0.2) is 17.7 Å². The number of aliphatic hydroxyl groups is 1. The van der Waals surface area contributed by atoms with E-state index in [1.807, 2.05) is 6.92 Å². The predicted molar refractivity (Wildman–Crippen MR) is 73.0 cm³/mol. The largest absolute Gasteiger partial charge is 0.477 e. The van der Waals surface area contributed by atoms with Crippen molar-refractivity contribution in [2.45, 2.75) is 38.9 Å². The maximum atomic E-state index is 13.5. The Kier molecular flexibility index (Phi) is 4.60. The van der Waals surface area contributed by atoms with Gasteiger partial charge in [-0.05, 0) is 25.3 Å². The number of ether oxygens (including phenoxy) is 1. The first-order valence-electron chi connectivity index (χ1n) is 6.87. The van der Waals surface area contributed by atoms with Gasteiger partial charge in [0.1, 0.15) is 0 Å². The number of fused-ring (bicyclic) bond motifs is 1. The Labute approximate surface area is 117 Å². The van der Waals surface area contributed by atoms with Gasteiger partial charge in [-0.15, -0.1) is 0 Å². The molecule has 1 aromatic rings. The molecule has 20 heavy (non-hydrogen) atoms. The second kappa shape index (κ2) is 6.22. The summed E-state index contributed by atoms with van der Waals surface area (Å²) in [4.78, 5) is 12.0. The van der Waals surface area contributed by atoms with Crippen molar-refractivity contribution in [3.8, 4) is 5.75 Å². The number of rotatable bonds is 5. The van der Waals surface area contributed by atoms with Crippen molar-refractivity contribution in [3.63, 3.8) is 0 Å². The fraction of sp³-hybridized carbons (Fsp3) is 0.533. The van der Waals surface area contributed by atoms with Crippen molar-refractivity contribution in [2.75, 3.05) is 6.54 Å². The van der Waals surface area contributed by atoms with Crippen molar-refractivity contribution < 1.29 is 19.0 Å². The highest BCUT2D eigenvalue weighted by Crippen LogP contribution is 2.31. The lowest BCUT2D eigenvalue weighted by Crippen LogP contribution is -2.39. The van der Waals surface area contributed by atoms with Gasteiger partial charge in [-0.1, -0.05) is 19.1 Å². The van der Waals surface area contributed by atoms with Crippen LogP contribution in [-0.2, 0) is 11.2 Å². The fourth-order valence-corrected chi connectivity index (χ4v) is 2.43. The molecule has 0 fully saturated rings. The molecule has 2 rings (SSSR count). The molecule has 4 nitrogen and oxygen atoms in total. The van der Waals surface area contributed by atoms with E-state index in [4.69, 9.17) is 4.74 Å². The molecular weight excluding hydrogens is 261 g/mol. The number of aliphatic hydroxyl groups excluding tert-OH is 1. The van der Waals surface area contributed by atoms with E-state index in [-0.39, 0.29) is 23.7 Å². The van der Waals surface area contributed by atoms with E-state index in [0.29, 0.717) is 19.4 Å². The monoisotopic (exact) mass is 281 g/mol. The van der Waals surface area contributed by atoms with E-state index in [1.54, 1.807) is 19.1 Å². The van der Waals surface area contributed by atoms with Crippen molar-refractivity contribution in [2.24, 2.45) is 5.92 Å². The average molecular weight is 281 g/mol. The zero-order valence-corrected chi connectivity index (χ0v) is 11.7. The summed E-state index contributed by atoms with van der Waals surface area (Å²) in [6.07, 6.45) is -0.0340. The zero-order valence-electron chi connectivity index (χ0n) is 11.7. The molecule has 1 aliphatic heterocycles. The zero-order chi connectivity index (χ0) is 14.7. The highest BCUT2D eigenvalue weighted by Gasteiger charge is 2.31. The molecule has 0 bridgehead atoms. The molecule has 1 heterocycles. The van der Waals surface area contributed by atoms with Gasteiger partial charge in [0.2, 0.25) is 0 Å². The van der Waals surface area contributed by atoms with Crippen molar-refractivity contribution in [1.82, 2.24) is 5.32 Å². The summed E-state index contributed by atoms with van der Waals surface area (Å²) in [5.41, 5.74) is 0.724. The third-order valence-corrected chi connectivity index (χ3v) is 3.37. The number of amides is 1. The Morgan fingerprint density at radius 2 is 2.30 bits per heavy atom. The summed E-state index contributed by atoms with van der Waals surface area (Å²) in [7, 11) is 0. The molecule has 0 radical (unpaired) electrons. The molecule has 0 aliphatic carbocycles. The average Bonchev–Trinajstić information content (AvgIpc) is 2.80. The molecule has 1 amide bonds. The van der Waals surface area contributed by atoms with Crippen LogP contribution in [0.2, 0.25) is 0 Å². The molecule has 0 aromatic heterocycles. The highest BCUT2D eigenvalue weighted by atomic mass is 19.1. The molecule has 0 saturated heterocycles. The van der Waals surface area contributed by atoms with Crippen molar-refractivity contribution in [1.29, 1.82) is 0 Å². The van der Waals surface area contributed by atoms with E-state index in [1.165, 1.54) is 6.07 Å². The molecule has 2 N–H and O–H groups in total. The number of nitrogens with one attached hydrogen (secondary N) is 1. The van der Waals surface area contributed by atoms with E-state index in [0.717, 1.165) is 5.56 Å². The van der Waals surface area contributed by atoms with Gasteiger partial charge in [-0.3, -0.25) is 4.79 Å². The minimum Gasteiger partial charge on any atom is -0.477 e. The van der Waals surface area contributed by atoms with Gasteiger partial charge in [0, 0.05) is 18.5 Å². The topological polar surface area (TPSA) is 58.6 Å². The molecule has 0 saturated carbocycles. The lowest BCUT2D eigenvalue weighted by Gasteiger charge is -2.16. The van der Waals surface area contributed by atoms with E-state index in [2.05, 4.69) is 5.32 Å². The molecule has 1 aromatic carbocycles. The summed E-state index contributed by atoms with van der Waals surface area (Å²) in [5, 5.41) is 12.1. The number of hydrogen-bond acceptors (Lipinski definition) is 3. The highest BCUT2D eigenvalue weighted by molar-refractivity contribution is 5.82. The lowest BCUT2D eigenvalue weighted by atomic mass is 10.0. The minimum atomic E-state index is -0.666. The van der Waals surface area contributed by atoms with Crippen LogP contribution >= 0.6 is 0 Å². The number of para-hydroxylation sites is 1. The third-order valence-electron chi connectivity index (χ3n) is 3.37. The van der Waals surface area contributed by atoms with E-state index >= 15 is 0 Å². The summed E-state index contributed by atoms with van der Waals surface area (Å²) >= 11 is 0. The van der Waals surface area contributed by atoms with E-state index < -0.39 is 11.9 Å². The quantitative estimate of drug-likeness (QED) is 0.863. The van der Waals surface area contributed by atoms with Crippen LogP contribution in [0.15, 0.2) is 18.2 Å². The normalized spacial score (nSPS) is 19.9. The Hall–Kier alpha value is -1.62. The molecule has 1 aliphatic rings. The molecular formula is C15H20FNO3. The van der Waals surface area contributed by atoms with Gasteiger partial charge in [-0.2, -0.15) is 0 Å². The SMILES string of the molecule is CC(O)CC(C)CNC(=O)C1Cc2cccc(F)c2O1. The molecule has 3 atom stereocenters. The second-order valence-corrected chi connectivity index (χ2v) is 5.47. The molecule has 5 heteroatoms. The Bertz CT molecular complexity index is 490. The van der Waals surface area contributed by atoms with Crippen LogP contribution in [0.5, 0.6) is 5.75 Å². The first-order valence-corrected chi connectivity index (χ1v) is 6.87. The number of halogens is 1. The second-order valence-electron chi connectivity index (χ2n) is 5.47. The van der Waals surface area contributed by atoms with Gasteiger partial charge in [0.05, 0.1) is 6.10 Å². The molecule has 110 valence electrons. The van der Waals surface area contributed by atoms with Crippen LogP contribution in [0.3, 0.4) is 0 Å². The lowest BCUT2D eigenvalue weighted by molar-refractivity contribution is -0.127. The Morgan fingerprint density at radius 1 is 1.55 bits per heavy atom. The summed E-state index contributed by atoms with van der Waals surface area (Å²) in [5.74, 6) is -0.303. The predicted octanol–water partition coefficient (Wildman–Crippen LogP) is 1.65. The standard InChI is InChI=1S/C15H20FNO3/c1-9(6-10(2)18)8-17-15(19)13-7-11-4-3-5-12(16)14(11)20-13/h3-5,9-10,13,18H,6-8H2,1-2H3,(H,17,19). The van der Waals surface area contributed by atoms with Crippen LogP contribution < -0.4 is 10.1 Å². The molecule has 0 spiro atoms.